The van der Waals surface area contributed by atoms with Crippen molar-refractivity contribution in [2.24, 2.45) is 5.73 Å². The molecule has 0 unspecified atom stereocenters. The highest BCUT2D eigenvalue weighted by Crippen LogP contribution is 2.25. The Morgan fingerprint density at radius 2 is 2.05 bits per heavy atom. The maximum atomic E-state index is 11.6. The molecule has 2 aromatic rings. The molecule has 7 heteroatoms. The summed E-state index contributed by atoms with van der Waals surface area (Å²) in [6, 6.07) is 9.29. The molecule has 0 bridgehead atoms. The van der Waals surface area contributed by atoms with Crippen LogP contribution in [0.3, 0.4) is 0 Å². The van der Waals surface area contributed by atoms with Crippen LogP contribution in [0.4, 0.5) is 5.69 Å². The van der Waals surface area contributed by atoms with Crippen molar-refractivity contribution in [2.45, 2.75) is 26.3 Å². The van der Waals surface area contributed by atoms with Crippen LogP contribution in [0.15, 0.2) is 30.3 Å². The molecule has 0 fully saturated rings. The Balaban J connectivity index is 2.52. The Labute approximate surface area is 121 Å². The molecular weight excluding hydrogens is 272 g/mol. The van der Waals surface area contributed by atoms with Crippen LogP contribution < -0.4 is 5.73 Å². The molecule has 0 aliphatic heterocycles. The summed E-state index contributed by atoms with van der Waals surface area (Å²) in [4.78, 5) is 22.3. The third-order valence-corrected chi connectivity index (χ3v) is 3.08. The summed E-state index contributed by atoms with van der Waals surface area (Å²) in [5.41, 5.74) is 6.08. The summed E-state index contributed by atoms with van der Waals surface area (Å²) in [5.74, 6) is -0.840. The molecule has 21 heavy (non-hydrogen) atoms. The van der Waals surface area contributed by atoms with Gasteiger partial charge in [-0.3, -0.25) is 14.9 Å². The summed E-state index contributed by atoms with van der Waals surface area (Å²) in [6.45, 7) is 2.16. The average molecular weight is 288 g/mol. The number of hydrogen-bond donors (Lipinski definition) is 1. The van der Waals surface area contributed by atoms with Crippen LogP contribution in [0.2, 0.25) is 0 Å². The summed E-state index contributed by atoms with van der Waals surface area (Å²) < 4.78 is 1.32. The van der Waals surface area contributed by atoms with Gasteiger partial charge in [0.25, 0.3) is 5.91 Å². The highest BCUT2D eigenvalue weighted by Gasteiger charge is 2.30. The molecule has 0 aliphatic rings. The van der Waals surface area contributed by atoms with Crippen LogP contribution in [0, 0.1) is 10.1 Å². The van der Waals surface area contributed by atoms with Crippen LogP contribution in [-0.4, -0.2) is 20.6 Å². The second-order valence-electron chi connectivity index (χ2n) is 4.66. The van der Waals surface area contributed by atoms with Crippen molar-refractivity contribution in [2.75, 3.05) is 0 Å². The number of rotatable bonds is 6. The van der Waals surface area contributed by atoms with Crippen molar-refractivity contribution >= 4 is 11.6 Å². The van der Waals surface area contributed by atoms with E-state index in [1.54, 1.807) is 0 Å². The highest BCUT2D eigenvalue weighted by molar-refractivity contribution is 5.95. The molecule has 0 aliphatic carbocycles. The third-order valence-electron chi connectivity index (χ3n) is 3.08. The highest BCUT2D eigenvalue weighted by atomic mass is 16.6. The Morgan fingerprint density at radius 1 is 1.38 bits per heavy atom. The number of primary amides is 1. The van der Waals surface area contributed by atoms with Crippen molar-refractivity contribution in [1.82, 2.24) is 9.78 Å². The maximum absolute atomic E-state index is 11.6. The fraction of sp³-hybridized carbons (Fsp3) is 0.286. The van der Waals surface area contributed by atoms with Crippen molar-refractivity contribution in [3.63, 3.8) is 0 Å². The first-order valence-corrected chi connectivity index (χ1v) is 6.62. The molecule has 0 saturated heterocycles. The molecule has 110 valence electrons. The van der Waals surface area contributed by atoms with Crippen LogP contribution >= 0.6 is 0 Å². The topological polar surface area (TPSA) is 104 Å². The standard InChI is InChI=1S/C14H16N4O3/c1-2-6-11-12(18(20)21)13(14(15)19)17(16-11)9-10-7-4-3-5-8-10/h3-5,7-8H,2,6,9H2,1H3,(H2,15,19). The molecular formula is C14H16N4O3. The SMILES string of the molecule is CCCc1nn(Cc2ccccc2)c(C(N)=O)c1[N+](=O)[O-]. The molecule has 7 nitrogen and oxygen atoms in total. The van der Waals surface area contributed by atoms with Gasteiger partial charge in [-0.2, -0.15) is 5.10 Å². The first-order chi connectivity index (χ1) is 10.0. The summed E-state index contributed by atoms with van der Waals surface area (Å²) >= 11 is 0. The van der Waals surface area contributed by atoms with Gasteiger partial charge in [-0.25, -0.2) is 4.68 Å². The molecule has 1 amide bonds. The van der Waals surface area contributed by atoms with Gasteiger partial charge in [-0.1, -0.05) is 43.7 Å². The minimum absolute atomic E-state index is 0.146. The molecule has 0 atom stereocenters. The van der Waals surface area contributed by atoms with Crippen molar-refractivity contribution < 1.29 is 9.72 Å². The molecule has 0 spiro atoms. The van der Waals surface area contributed by atoms with Gasteiger partial charge in [-0.05, 0) is 12.0 Å². The molecule has 1 heterocycles. The van der Waals surface area contributed by atoms with E-state index < -0.39 is 10.8 Å². The second-order valence-corrected chi connectivity index (χ2v) is 4.66. The summed E-state index contributed by atoms with van der Waals surface area (Å²) in [6.07, 6.45) is 1.12. The number of aromatic nitrogens is 2. The number of hydrogen-bond acceptors (Lipinski definition) is 4. The number of nitrogens with zero attached hydrogens (tertiary/aromatic N) is 3. The van der Waals surface area contributed by atoms with Gasteiger partial charge < -0.3 is 5.73 Å². The fourth-order valence-electron chi connectivity index (χ4n) is 2.21. The number of carbonyl (C=O) groups excluding carboxylic acids is 1. The van der Waals surface area contributed by atoms with Gasteiger partial charge in [-0.15, -0.1) is 0 Å². The van der Waals surface area contributed by atoms with E-state index in [1.165, 1.54) is 4.68 Å². The first kappa shape index (κ1) is 14.7. The molecule has 2 N–H and O–H groups in total. The zero-order chi connectivity index (χ0) is 15.4. The quantitative estimate of drug-likeness (QED) is 0.647. The predicted molar refractivity (Wildman–Crippen MR) is 76.9 cm³/mol. The zero-order valence-electron chi connectivity index (χ0n) is 11.7. The smallest absolute Gasteiger partial charge is 0.323 e. The van der Waals surface area contributed by atoms with E-state index >= 15 is 0 Å². The minimum Gasteiger partial charge on any atom is -0.364 e. The lowest BCUT2D eigenvalue weighted by atomic mass is 10.2. The van der Waals surface area contributed by atoms with Gasteiger partial charge in [0.15, 0.2) is 0 Å². The van der Waals surface area contributed by atoms with E-state index in [9.17, 15) is 14.9 Å². The Bertz CT molecular complexity index is 664. The number of nitro groups is 1. The number of amides is 1. The lowest BCUT2D eigenvalue weighted by molar-refractivity contribution is -0.385. The Morgan fingerprint density at radius 3 is 2.57 bits per heavy atom. The Kier molecular flexibility index (Phi) is 4.32. The molecule has 1 aromatic heterocycles. The fourth-order valence-corrected chi connectivity index (χ4v) is 2.21. The van der Waals surface area contributed by atoms with Gasteiger partial charge in [0.2, 0.25) is 5.69 Å². The van der Waals surface area contributed by atoms with E-state index in [1.807, 2.05) is 37.3 Å². The number of benzene rings is 1. The lowest BCUT2D eigenvalue weighted by Gasteiger charge is -2.04. The molecule has 1 aromatic carbocycles. The van der Waals surface area contributed by atoms with Gasteiger partial charge >= 0.3 is 5.69 Å². The largest absolute Gasteiger partial charge is 0.364 e. The summed E-state index contributed by atoms with van der Waals surface area (Å²) in [5, 5.41) is 15.4. The van der Waals surface area contributed by atoms with Crippen LogP contribution in [0.5, 0.6) is 0 Å². The molecule has 0 saturated carbocycles. The molecule has 2 rings (SSSR count). The van der Waals surface area contributed by atoms with Crippen LogP contribution in [0.1, 0.15) is 35.1 Å². The van der Waals surface area contributed by atoms with E-state index in [0.717, 1.165) is 5.56 Å². The molecule has 0 radical (unpaired) electrons. The van der Waals surface area contributed by atoms with Crippen molar-refractivity contribution in [3.8, 4) is 0 Å². The van der Waals surface area contributed by atoms with Gasteiger partial charge in [0, 0.05) is 0 Å². The first-order valence-electron chi connectivity index (χ1n) is 6.62. The number of nitrogens with two attached hydrogens (primary N) is 1. The average Bonchev–Trinajstić information content (AvgIpc) is 2.79. The van der Waals surface area contributed by atoms with Crippen molar-refractivity contribution in [1.29, 1.82) is 0 Å². The lowest BCUT2D eigenvalue weighted by Crippen LogP contribution is -2.19. The van der Waals surface area contributed by atoms with Gasteiger partial charge in [0.1, 0.15) is 5.69 Å². The van der Waals surface area contributed by atoms with Crippen molar-refractivity contribution in [3.05, 3.63) is 57.4 Å². The second kappa shape index (κ2) is 6.17. The number of carbonyl (C=O) groups is 1. The predicted octanol–water partition coefficient (Wildman–Crippen LogP) is 1.89. The monoisotopic (exact) mass is 288 g/mol. The minimum atomic E-state index is -0.840. The van der Waals surface area contributed by atoms with E-state index in [4.69, 9.17) is 5.73 Å². The Hall–Kier alpha value is -2.70. The van der Waals surface area contributed by atoms with E-state index in [2.05, 4.69) is 5.10 Å². The normalized spacial score (nSPS) is 10.5. The third kappa shape index (κ3) is 3.07. The summed E-state index contributed by atoms with van der Waals surface area (Å²) in [7, 11) is 0. The van der Waals surface area contributed by atoms with Gasteiger partial charge in [0.05, 0.1) is 11.5 Å². The van der Waals surface area contributed by atoms with E-state index in [-0.39, 0.29) is 17.9 Å². The maximum Gasteiger partial charge on any atom is 0.323 e. The zero-order valence-corrected chi connectivity index (χ0v) is 11.7. The van der Waals surface area contributed by atoms with Crippen LogP contribution in [-0.2, 0) is 13.0 Å². The van der Waals surface area contributed by atoms with E-state index in [0.29, 0.717) is 18.5 Å². The number of aryl methyl sites for hydroxylation is 1. The van der Waals surface area contributed by atoms with Crippen LogP contribution in [0.25, 0.3) is 0 Å².